The lowest BCUT2D eigenvalue weighted by Crippen LogP contribution is -2.32. The van der Waals surface area contributed by atoms with Crippen LogP contribution in [0.2, 0.25) is 0 Å². The molecule has 1 saturated carbocycles. The standard InChI is InChI=1S/C17H21N3O2/c1-13-5-2-3-8-16(13)22-12-20-10-9-15(19-20)17(21)18-11-14-6-4-7-14/h2-3,5,8-10,14H,4,6-7,11-12H2,1H3,(H,18,21). The highest BCUT2D eigenvalue weighted by atomic mass is 16.5. The van der Waals surface area contributed by atoms with Gasteiger partial charge in [-0.2, -0.15) is 5.10 Å². The van der Waals surface area contributed by atoms with Crippen LogP contribution < -0.4 is 10.1 Å². The van der Waals surface area contributed by atoms with Crippen LogP contribution in [0.4, 0.5) is 0 Å². The van der Waals surface area contributed by atoms with E-state index in [1.54, 1.807) is 16.9 Å². The fourth-order valence-corrected chi connectivity index (χ4v) is 2.43. The van der Waals surface area contributed by atoms with Crippen molar-refractivity contribution in [2.24, 2.45) is 5.92 Å². The first-order valence-corrected chi connectivity index (χ1v) is 7.72. The molecule has 5 heteroatoms. The van der Waals surface area contributed by atoms with E-state index in [9.17, 15) is 4.79 Å². The van der Waals surface area contributed by atoms with Gasteiger partial charge in [-0.15, -0.1) is 0 Å². The van der Waals surface area contributed by atoms with Crippen molar-refractivity contribution in [1.82, 2.24) is 15.1 Å². The van der Waals surface area contributed by atoms with Gasteiger partial charge in [-0.25, -0.2) is 4.68 Å². The van der Waals surface area contributed by atoms with Crippen molar-refractivity contribution in [3.05, 3.63) is 47.8 Å². The van der Waals surface area contributed by atoms with Crippen molar-refractivity contribution in [2.45, 2.75) is 32.9 Å². The Kier molecular flexibility index (Phi) is 4.42. The highest BCUT2D eigenvalue weighted by Crippen LogP contribution is 2.25. The van der Waals surface area contributed by atoms with Crippen LogP contribution in [-0.4, -0.2) is 22.2 Å². The first-order chi connectivity index (χ1) is 10.7. The summed E-state index contributed by atoms with van der Waals surface area (Å²) in [6.45, 7) is 3.05. The predicted molar refractivity (Wildman–Crippen MR) is 83.7 cm³/mol. The average molecular weight is 299 g/mol. The molecule has 0 bridgehead atoms. The van der Waals surface area contributed by atoms with Gasteiger partial charge in [0.15, 0.2) is 6.73 Å². The number of carbonyl (C=O) groups excluding carboxylic acids is 1. The monoisotopic (exact) mass is 299 g/mol. The average Bonchev–Trinajstić information content (AvgIpc) is 2.93. The lowest BCUT2D eigenvalue weighted by atomic mass is 9.85. The number of benzene rings is 1. The summed E-state index contributed by atoms with van der Waals surface area (Å²) < 4.78 is 7.34. The molecule has 1 fully saturated rings. The molecule has 0 aliphatic heterocycles. The van der Waals surface area contributed by atoms with Crippen molar-refractivity contribution in [2.75, 3.05) is 6.54 Å². The smallest absolute Gasteiger partial charge is 0.271 e. The zero-order valence-electron chi connectivity index (χ0n) is 12.8. The topological polar surface area (TPSA) is 56.1 Å². The number of nitrogens with one attached hydrogen (secondary N) is 1. The first kappa shape index (κ1) is 14.6. The molecular formula is C17H21N3O2. The molecule has 3 rings (SSSR count). The van der Waals surface area contributed by atoms with E-state index in [0.717, 1.165) is 17.9 Å². The molecule has 1 aliphatic carbocycles. The Labute approximate surface area is 130 Å². The number of nitrogens with zero attached hydrogens (tertiary/aromatic N) is 2. The largest absolute Gasteiger partial charge is 0.471 e. The van der Waals surface area contributed by atoms with Crippen molar-refractivity contribution >= 4 is 5.91 Å². The van der Waals surface area contributed by atoms with Gasteiger partial charge in [-0.05, 0) is 43.4 Å². The number of rotatable bonds is 6. The van der Waals surface area contributed by atoms with E-state index in [2.05, 4.69) is 10.4 Å². The normalized spacial score (nSPS) is 14.4. The van der Waals surface area contributed by atoms with Crippen LogP contribution >= 0.6 is 0 Å². The van der Waals surface area contributed by atoms with Crippen molar-refractivity contribution < 1.29 is 9.53 Å². The summed E-state index contributed by atoms with van der Waals surface area (Å²) in [4.78, 5) is 12.0. The Hall–Kier alpha value is -2.30. The van der Waals surface area contributed by atoms with E-state index in [4.69, 9.17) is 4.74 Å². The fourth-order valence-electron chi connectivity index (χ4n) is 2.43. The van der Waals surface area contributed by atoms with E-state index >= 15 is 0 Å². The molecule has 2 aromatic rings. The number of aryl methyl sites for hydroxylation is 1. The third kappa shape index (κ3) is 3.47. The summed E-state index contributed by atoms with van der Waals surface area (Å²) in [5.41, 5.74) is 1.51. The summed E-state index contributed by atoms with van der Waals surface area (Å²) in [7, 11) is 0. The molecule has 22 heavy (non-hydrogen) atoms. The molecule has 1 aromatic heterocycles. The zero-order valence-corrected chi connectivity index (χ0v) is 12.8. The molecule has 0 saturated heterocycles. The minimum atomic E-state index is -0.110. The summed E-state index contributed by atoms with van der Waals surface area (Å²) in [6, 6.07) is 9.55. The van der Waals surface area contributed by atoms with Crippen LogP contribution in [0, 0.1) is 12.8 Å². The number of carbonyl (C=O) groups is 1. The second kappa shape index (κ2) is 6.64. The molecular weight excluding hydrogens is 278 g/mol. The maximum absolute atomic E-state index is 12.0. The van der Waals surface area contributed by atoms with Gasteiger partial charge in [0.1, 0.15) is 11.4 Å². The highest BCUT2D eigenvalue weighted by molar-refractivity contribution is 5.92. The molecule has 0 unspecified atom stereocenters. The lowest BCUT2D eigenvalue weighted by molar-refractivity contribution is 0.0932. The van der Waals surface area contributed by atoms with Gasteiger partial charge < -0.3 is 10.1 Å². The van der Waals surface area contributed by atoms with Gasteiger partial charge >= 0.3 is 0 Å². The molecule has 116 valence electrons. The Bertz CT molecular complexity index is 647. The molecule has 5 nitrogen and oxygen atoms in total. The van der Waals surface area contributed by atoms with Crippen molar-refractivity contribution in [3.8, 4) is 5.75 Å². The van der Waals surface area contributed by atoms with Crippen molar-refractivity contribution in [3.63, 3.8) is 0 Å². The first-order valence-electron chi connectivity index (χ1n) is 7.72. The molecule has 1 heterocycles. The number of para-hydroxylation sites is 1. The Balaban J connectivity index is 1.52. The number of hydrogen-bond donors (Lipinski definition) is 1. The van der Waals surface area contributed by atoms with Crippen molar-refractivity contribution in [1.29, 1.82) is 0 Å². The van der Waals surface area contributed by atoms with Gasteiger partial charge in [0.05, 0.1) is 0 Å². The predicted octanol–water partition coefficient (Wildman–Crippen LogP) is 2.76. The molecule has 0 atom stereocenters. The van der Waals surface area contributed by atoms with Gasteiger partial charge in [0, 0.05) is 12.7 Å². The van der Waals surface area contributed by atoms with Crippen LogP contribution in [0.5, 0.6) is 5.75 Å². The van der Waals surface area contributed by atoms with Gasteiger partial charge in [0.25, 0.3) is 5.91 Å². The minimum Gasteiger partial charge on any atom is -0.471 e. The second-order valence-corrected chi connectivity index (χ2v) is 5.79. The van der Waals surface area contributed by atoms with Gasteiger partial charge in [-0.3, -0.25) is 4.79 Å². The maximum Gasteiger partial charge on any atom is 0.271 e. The molecule has 1 N–H and O–H groups in total. The molecule has 0 radical (unpaired) electrons. The van der Waals surface area contributed by atoms with Crippen LogP contribution in [0.1, 0.15) is 35.3 Å². The molecule has 1 aromatic carbocycles. The minimum absolute atomic E-state index is 0.110. The number of aromatic nitrogens is 2. The lowest BCUT2D eigenvalue weighted by Gasteiger charge is -2.25. The number of ether oxygens (including phenoxy) is 1. The summed E-state index contributed by atoms with van der Waals surface area (Å²) in [5, 5.41) is 7.20. The summed E-state index contributed by atoms with van der Waals surface area (Å²) >= 11 is 0. The van der Waals surface area contributed by atoms with Gasteiger partial charge in [-0.1, -0.05) is 24.6 Å². The van der Waals surface area contributed by atoms with E-state index < -0.39 is 0 Å². The Morgan fingerprint density at radius 3 is 2.91 bits per heavy atom. The molecule has 1 aliphatic rings. The van der Waals surface area contributed by atoms with Crippen LogP contribution in [0.25, 0.3) is 0 Å². The maximum atomic E-state index is 12.0. The summed E-state index contributed by atoms with van der Waals surface area (Å²) in [5.74, 6) is 1.37. The molecule has 0 spiro atoms. The number of hydrogen-bond acceptors (Lipinski definition) is 3. The van der Waals surface area contributed by atoms with E-state index in [-0.39, 0.29) is 5.91 Å². The van der Waals surface area contributed by atoms with E-state index in [0.29, 0.717) is 18.3 Å². The third-order valence-corrected chi connectivity index (χ3v) is 4.10. The highest BCUT2D eigenvalue weighted by Gasteiger charge is 2.19. The molecule has 1 amide bonds. The van der Waals surface area contributed by atoms with Crippen LogP contribution in [0.3, 0.4) is 0 Å². The van der Waals surface area contributed by atoms with E-state index in [1.165, 1.54) is 19.3 Å². The Morgan fingerprint density at radius 2 is 2.18 bits per heavy atom. The van der Waals surface area contributed by atoms with Crippen LogP contribution in [-0.2, 0) is 6.73 Å². The number of amides is 1. The third-order valence-electron chi connectivity index (χ3n) is 4.10. The van der Waals surface area contributed by atoms with E-state index in [1.807, 2.05) is 31.2 Å². The van der Waals surface area contributed by atoms with Gasteiger partial charge in [0.2, 0.25) is 0 Å². The fraction of sp³-hybridized carbons (Fsp3) is 0.412. The Morgan fingerprint density at radius 1 is 1.36 bits per heavy atom. The summed E-state index contributed by atoms with van der Waals surface area (Å²) in [6.07, 6.45) is 5.49. The SMILES string of the molecule is Cc1ccccc1OCn1ccc(C(=O)NCC2CCC2)n1. The van der Waals surface area contributed by atoms with Crippen LogP contribution in [0.15, 0.2) is 36.5 Å². The quantitative estimate of drug-likeness (QED) is 0.892. The zero-order chi connectivity index (χ0) is 15.4. The second-order valence-electron chi connectivity index (χ2n) is 5.79.